The van der Waals surface area contributed by atoms with Crippen LogP contribution in [0.4, 0.5) is 0 Å². The third kappa shape index (κ3) is 5.14. The van der Waals surface area contributed by atoms with Gasteiger partial charge in [-0.25, -0.2) is 4.57 Å². The molecule has 2 N–H and O–H groups in total. The van der Waals surface area contributed by atoms with Crippen LogP contribution in [0.2, 0.25) is 0 Å². The summed E-state index contributed by atoms with van der Waals surface area (Å²) < 4.78 is 12.9. The molecule has 1 aromatic heterocycles. The van der Waals surface area contributed by atoms with Gasteiger partial charge in [0.15, 0.2) is 12.4 Å². The Bertz CT molecular complexity index is 505. The lowest BCUT2D eigenvalue weighted by Gasteiger charge is -2.06. The number of ether oxygens (including phenoxy) is 2. The van der Waals surface area contributed by atoms with E-state index in [2.05, 4.69) is 24.4 Å². The van der Waals surface area contributed by atoms with Gasteiger partial charge in [-0.2, -0.15) is 0 Å². The molecule has 2 aromatic rings. The molecule has 106 valence electrons. The molecule has 5 heteroatoms. The number of nitrogens with zero attached hydrogens (tertiary/aromatic N) is 1. The molecule has 0 saturated carbocycles. The van der Waals surface area contributed by atoms with Crippen LogP contribution in [-0.2, 0) is 11.8 Å². The third-order valence-electron chi connectivity index (χ3n) is 2.59. The average molecular weight is 330 g/mol. The summed E-state index contributed by atoms with van der Waals surface area (Å²) in [5.74, 6) is 0.894. The van der Waals surface area contributed by atoms with Gasteiger partial charge < -0.3 is 31.9 Å². The van der Waals surface area contributed by atoms with Crippen LogP contribution >= 0.6 is 0 Å². The SMILES string of the molecule is CCOCCOc1ccc2c[n+](C)ccc2c1.O.[Br-]. The molecular formula is C14H20BrNO3. The summed E-state index contributed by atoms with van der Waals surface area (Å²) in [6.07, 6.45) is 4.13. The Balaban J connectivity index is 0.00000162. The number of hydrogen-bond donors (Lipinski definition) is 0. The van der Waals surface area contributed by atoms with Crippen LogP contribution in [-0.4, -0.2) is 25.3 Å². The topological polar surface area (TPSA) is 53.8 Å². The van der Waals surface area contributed by atoms with Gasteiger partial charge >= 0.3 is 0 Å². The van der Waals surface area contributed by atoms with E-state index in [1.54, 1.807) is 0 Å². The zero-order valence-corrected chi connectivity index (χ0v) is 12.8. The number of rotatable bonds is 5. The minimum Gasteiger partial charge on any atom is -1.00 e. The Morgan fingerprint density at radius 1 is 1.11 bits per heavy atom. The van der Waals surface area contributed by atoms with Crippen molar-refractivity contribution in [3.05, 3.63) is 36.7 Å². The van der Waals surface area contributed by atoms with Gasteiger partial charge in [0.2, 0.25) is 0 Å². The molecule has 2 rings (SSSR count). The molecule has 0 unspecified atom stereocenters. The Morgan fingerprint density at radius 3 is 2.63 bits per heavy atom. The molecule has 1 heterocycles. The van der Waals surface area contributed by atoms with E-state index in [0.717, 1.165) is 12.4 Å². The summed E-state index contributed by atoms with van der Waals surface area (Å²) in [7, 11) is 2.02. The van der Waals surface area contributed by atoms with E-state index in [4.69, 9.17) is 9.47 Å². The van der Waals surface area contributed by atoms with Crippen molar-refractivity contribution in [3.8, 4) is 5.75 Å². The van der Waals surface area contributed by atoms with Crippen molar-refractivity contribution in [2.75, 3.05) is 19.8 Å². The summed E-state index contributed by atoms with van der Waals surface area (Å²) in [5, 5.41) is 2.41. The normalized spacial score (nSPS) is 9.58. The van der Waals surface area contributed by atoms with E-state index in [0.29, 0.717) is 13.2 Å². The Kier molecular flexibility index (Phi) is 8.30. The second kappa shape index (κ2) is 8.85. The van der Waals surface area contributed by atoms with Gasteiger partial charge in [0.05, 0.1) is 6.61 Å². The second-order valence-electron chi connectivity index (χ2n) is 3.95. The summed E-state index contributed by atoms with van der Waals surface area (Å²) in [4.78, 5) is 0. The van der Waals surface area contributed by atoms with Crippen molar-refractivity contribution in [2.45, 2.75) is 6.92 Å². The lowest BCUT2D eigenvalue weighted by Crippen LogP contribution is -3.00. The van der Waals surface area contributed by atoms with Crippen LogP contribution in [0.1, 0.15) is 6.92 Å². The number of hydrogen-bond acceptors (Lipinski definition) is 2. The van der Waals surface area contributed by atoms with Crippen molar-refractivity contribution in [3.63, 3.8) is 0 Å². The Morgan fingerprint density at radius 2 is 1.89 bits per heavy atom. The number of aromatic nitrogens is 1. The third-order valence-corrected chi connectivity index (χ3v) is 2.59. The maximum absolute atomic E-state index is 5.61. The zero-order valence-electron chi connectivity index (χ0n) is 11.2. The lowest BCUT2D eigenvalue weighted by atomic mass is 10.2. The predicted octanol–water partition coefficient (Wildman–Crippen LogP) is -1.74. The van der Waals surface area contributed by atoms with Crippen LogP contribution < -0.4 is 26.3 Å². The average Bonchev–Trinajstić information content (AvgIpc) is 2.35. The summed E-state index contributed by atoms with van der Waals surface area (Å²) >= 11 is 0. The monoisotopic (exact) mass is 329 g/mol. The fraction of sp³-hybridized carbons (Fsp3) is 0.357. The molecule has 0 fully saturated rings. The first-order valence-corrected chi connectivity index (χ1v) is 5.89. The van der Waals surface area contributed by atoms with Crippen LogP contribution in [0, 0.1) is 0 Å². The number of pyridine rings is 1. The van der Waals surface area contributed by atoms with Crippen LogP contribution in [0.5, 0.6) is 5.75 Å². The molecule has 0 aliphatic rings. The summed E-state index contributed by atoms with van der Waals surface area (Å²) in [5.41, 5.74) is 0. The molecule has 0 atom stereocenters. The molecule has 0 bridgehead atoms. The molecule has 0 radical (unpaired) electrons. The predicted molar refractivity (Wildman–Crippen MR) is 70.7 cm³/mol. The van der Waals surface area contributed by atoms with E-state index >= 15 is 0 Å². The molecule has 19 heavy (non-hydrogen) atoms. The van der Waals surface area contributed by atoms with Gasteiger partial charge in [-0.3, -0.25) is 0 Å². The van der Waals surface area contributed by atoms with E-state index in [9.17, 15) is 0 Å². The van der Waals surface area contributed by atoms with Gasteiger partial charge in [0.25, 0.3) is 0 Å². The largest absolute Gasteiger partial charge is 1.00 e. The van der Waals surface area contributed by atoms with Gasteiger partial charge in [-0.15, -0.1) is 0 Å². The van der Waals surface area contributed by atoms with Crippen LogP contribution in [0.15, 0.2) is 36.7 Å². The highest BCUT2D eigenvalue weighted by Gasteiger charge is 2.01. The molecule has 0 spiro atoms. The highest BCUT2D eigenvalue weighted by Crippen LogP contribution is 2.19. The maximum atomic E-state index is 5.61. The minimum atomic E-state index is 0. The highest BCUT2D eigenvalue weighted by atomic mass is 79.9. The minimum absolute atomic E-state index is 0. The van der Waals surface area contributed by atoms with Gasteiger partial charge in [0, 0.05) is 18.1 Å². The molecule has 0 saturated heterocycles. The quantitative estimate of drug-likeness (QED) is 0.483. The number of benzene rings is 1. The number of aryl methyl sites for hydroxylation is 1. The van der Waals surface area contributed by atoms with Crippen LogP contribution in [0.25, 0.3) is 10.8 Å². The zero-order chi connectivity index (χ0) is 12.1. The number of fused-ring (bicyclic) bond motifs is 1. The maximum Gasteiger partial charge on any atom is 0.176 e. The van der Waals surface area contributed by atoms with Gasteiger partial charge in [-0.1, -0.05) is 0 Å². The smallest absolute Gasteiger partial charge is 0.176 e. The van der Waals surface area contributed by atoms with E-state index < -0.39 is 0 Å². The Labute approximate surface area is 124 Å². The standard InChI is InChI=1S/C14H18NO2.BrH.H2O/c1-3-16-8-9-17-14-5-4-13-11-15(2)7-6-12(13)10-14;;/h4-7,10-11H,3,8-9H2,1-2H3;1H;1H2/q+1;;/p-1. The van der Waals surface area contributed by atoms with Crippen molar-refractivity contribution >= 4 is 10.8 Å². The molecule has 0 aliphatic heterocycles. The van der Waals surface area contributed by atoms with Gasteiger partial charge in [0.1, 0.15) is 19.4 Å². The second-order valence-corrected chi connectivity index (χ2v) is 3.95. The van der Waals surface area contributed by atoms with E-state index in [-0.39, 0.29) is 22.5 Å². The summed E-state index contributed by atoms with van der Waals surface area (Å²) in [6.45, 7) is 3.95. The lowest BCUT2D eigenvalue weighted by molar-refractivity contribution is -0.670. The first kappa shape index (κ1) is 17.8. The van der Waals surface area contributed by atoms with Crippen molar-refractivity contribution in [1.29, 1.82) is 0 Å². The molecule has 4 nitrogen and oxygen atoms in total. The first-order valence-electron chi connectivity index (χ1n) is 5.89. The number of halogens is 1. The Hall–Kier alpha value is -1.17. The molecule has 1 aromatic carbocycles. The molecule has 0 aliphatic carbocycles. The molecule has 0 amide bonds. The van der Waals surface area contributed by atoms with Gasteiger partial charge in [-0.05, 0) is 30.5 Å². The van der Waals surface area contributed by atoms with Crippen molar-refractivity contribution < 1.29 is 36.5 Å². The van der Waals surface area contributed by atoms with E-state index in [1.165, 1.54) is 10.8 Å². The first-order chi connectivity index (χ1) is 8.29. The highest BCUT2D eigenvalue weighted by molar-refractivity contribution is 5.82. The van der Waals surface area contributed by atoms with Crippen LogP contribution in [0.3, 0.4) is 0 Å². The molecular weight excluding hydrogens is 310 g/mol. The van der Waals surface area contributed by atoms with E-state index in [1.807, 2.05) is 30.8 Å². The fourth-order valence-corrected chi connectivity index (χ4v) is 1.73. The fourth-order valence-electron chi connectivity index (χ4n) is 1.73. The summed E-state index contributed by atoms with van der Waals surface area (Å²) in [6, 6.07) is 8.21. The van der Waals surface area contributed by atoms with Crippen molar-refractivity contribution in [2.24, 2.45) is 7.05 Å². The van der Waals surface area contributed by atoms with Crippen molar-refractivity contribution in [1.82, 2.24) is 0 Å².